The number of nitrogens with one attached hydrogen (secondary N) is 1. The summed E-state index contributed by atoms with van der Waals surface area (Å²) in [5.41, 5.74) is 2.20. The number of pyridine rings is 4. The molecule has 0 atom stereocenters. The fraction of sp³-hybridized carbons (Fsp3) is 0.250. The van der Waals surface area contributed by atoms with Gasteiger partial charge in [-0.25, -0.2) is 0 Å². The lowest BCUT2D eigenvalue weighted by atomic mass is 9.79. The molecule has 7 N–H and O–H groups in total. The lowest BCUT2D eigenvalue weighted by molar-refractivity contribution is 0.0653. The van der Waals surface area contributed by atoms with Gasteiger partial charge in [-0.05, 0) is 62.1 Å². The van der Waals surface area contributed by atoms with Crippen LogP contribution in [0.5, 0.6) is 0 Å². The zero-order valence-electron chi connectivity index (χ0n) is 33.1. The molecule has 5 aromatic rings. The van der Waals surface area contributed by atoms with E-state index in [1.54, 1.807) is 24.3 Å². The maximum atomic E-state index is 13.9. The molecule has 1 aromatic carbocycles. The Balaban J connectivity index is 1.30. The molecule has 323 valence electrons. The summed E-state index contributed by atoms with van der Waals surface area (Å²) >= 11 is 0. The summed E-state index contributed by atoms with van der Waals surface area (Å²) in [5, 5.41) is 43.6. The molecule has 22 heteroatoms. The van der Waals surface area contributed by atoms with Crippen LogP contribution >= 0.6 is 0 Å². The number of anilines is 1. The third-order valence-electron chi connectivity index (χ3n) is 9.51. The molecule has 21 nitrogen and oxygen atoms in total. The number of aromatic nitrogens is 4. The van der Waals surface area contributed by atoms with Gasteiger partial charge in [-0.15, -0.1) is 18.9 Å². The van der Waals surface area contributed by atoms with Crippen molar-refractivity contribution in [2.45, 2.75) is 25.7 Å². The predicted octanol–water partition coefficient (Wildman–Crippen LogP) is -0.473. The highest BCUT2D eigenvalue weighted by molar-refractivity contribution is 6.54. The smallest absolute Gasteiger partial charge is 0.288 e. The Morgan fingerprint density at radius 3 is 1.35 bits per heavy atom. The summed E-state index contributed by atoms with van der Waals surface area (Å²) in [6, 6.07) is 21.0. The third-order valence-corrected chi connectivity index (χ3v) is 9.51. The van der Waals surface area contributed by atoms with Crippen molar-refractivity contribution in [2.75, 3.05) is 45.0 Å². The molecule has 4 aromatic heterocycles. The molecule has 62 heavy (non-hydrogen) atoms. The Morgan fingerprint density at radius 1 is 0.500 bits per heavy atom. The molecule has 0 bridgehead atoms. The summed E-state index contributed by atoms with van der Waals surface area (Å²) in [7, 11) is 1.48. The molecule has 0 unspecified atom stereocenters. The van der Waals surface area contributed by atoms with E-state index in [-0.39, 0.29) is 107 Å². The number of carbonyl (C=O) groups excluding carboxylic acids is 4. The molecule has 0 spiro atoms. The van der Waals surface area contributed by atoms with Gasteiger partial charge in [-0.1, -0.05) is 41.9 Å². The maximum absolute atomic E-state index is 13.9. The van der Waals surface area contributed by atoms with Gasteiger partial charge in [0.15, 0.2) is 0 Å². The van der Waals surface area contributed by atoms with Gasteiger partial charge in [-0.3, -0.25) is 38.4 Å². The predicted molar refractivity (Wildman–Crippen MR) is 221 cm³/mol. The van der Waals surface area contributed by atoms with Crippen LogP contribution in [0.2, 0.25) is 0 Å². The van der Waals surface area contributed by atoms with Crippen molar-refractivity contribution >= 4 is 42.2 Å². The minimum Gasteiger partial charge on any atom is -0.425 e. The van der Waals surface area contributed by atoms with Crippen molar-refractivity contribution < 1.29 is 40.0 Å². The van der Waals surface area contributed by atoms with Crippen LogP contribution in [0.1, 0.15) is 67.6 Å². The van der Waals surface area contributed by atoms with Crippen molar-refractivity contribution in [3.63, 3.8) is 0 Å². The average Bonchev–Trinajstić information content (AvgIpc) is 3.25. The Morgan fingerprint density at radius 2 is 0.887 bits per heavy atom. The Kier molecular flexibility index (Phi) is 15.1. The highest BCUT2D eigenvalue weighted by atomic mass is 16.5. The molecule has 0 fully saturated rings. The van der Waals surface area contributed by atoms with Gasteiger partial charge >= 0.3 is 0 Å². The molecule has 1 radical (unpaired) electrons. The van der Waals surface area contributed by atoms with E-state index in [0.717, 1.165) is 24.3 Å². The Bertz CT molecular complexity index is 2660. The van der Waals surface area contributed by atoms with Crippen LogP contribution < -0.4 is 38.8 Å². The number of unbranched alkanes of at least 4 members (excludes halogenated alkanes) is 1. The number of nitrogen functional groups attached to an aromatic ring is 1. The number of nitrogens with two attached hydrogens (primary N) is 1. The molecule has 0 aliphatic rings. The van der Waals surface area contributed by atoms with Crippen molar-refractivity contribution in [1.29, 1.82) is 0 Å². The van der Waals surface area contributed by atoms with E-state index >= 15 is 0 Å². The largest absolute Gasteiger partial charge is 0.425 e. The number of rotatable bonds is 19. The number of hydrogen-bond donors (Lipinski definition) is 6. The number of amides is 4. The van der Waals surface area contributed by atoms with E-state index in [4.69, 9.17) is 5.73 Å². The SMILES string of the molecule is Nc1ccc([B]N(CCCN(CCCCN(CCCNC(=O)c2cccc(=O)n2O)C(=O)c2cccc(=O)n2O)C(=O)c2cccc(=O)n2O)C(=O)c2cccc(=O)n2O)cc1. The quantitative estimate of drug-likeness (QED) is 0.0266. The first-order chi connectivity index (χ1) is 29.7. The maximum Gasteiger partial charge on any atom is 0.288 e. The van der Waals surface area contributed by atoms with Crippen molar-refractivity contribution in [1.82, 2.24) is 38.8 Å². The third kappa shape index (κ3) is 11.2. The lowest BCUT2D eigenvalue weighted by Gasteiger charge is -2.27. The number of hydrogen-bond acceptors (Lipinski definition) is 13. The number of carbonyl (C=O) groups is 4. The molecular weight excluding hydrogens is 809 g/mol. The van der Waals surface area contributed by atoms with Crippen LogP contribution in [0.15, 0.2) is 116 Å². The average molecular weight is 853 g/mol. The monoisotopic (exact) mass is 852 g/mol. The van der Waals surface area contributed by atoms with Gasteiger partial charge in [0.2, 0.25) is 0 Å². The zero-order valence-corrected chi connectivity index (χ0v) is 33.1. The van der Waals surface area contributed by atoms with E-state index < -0.39 is 45.9 Å². The molecule has 5 rings (SSSR count). The van der Waals surface area contributed by atoms with Gasteiger partial charge in [0.1, 0.15) is 22.8 Å². The molecule has 0 saturated carbocycles. The number of nitrogens with zero attached hydrogens (tertiary/aromatic N) is 7. The van der Waals surface area contributed by atoms with E-state index in [9.17, 15) is 59.2 Å². The summed E-state index contributed by atoms with van der Waals surface area (Å²) in [6.45, 7) is -0.0408. The minimum absolute atomic E-state index is 0.00380. The highest BCUT2D eigenvalue weighted by Crippen LogP contribution is 2.11. The van der Waals surface area contributed by atoms with Crippen LogP contribution in [0.3, 0.4) is 0 Å². The summed E-state index contributed by atoms with van der Waals surface area (Å²) in [4.78, 5) is 106. The van der Waals surface area contributed by atoms with E-state index in [2.05, 4.69) is 5.32 Å². The highest BCUT2D eigenvalue weighted by Gasteiger charge is 2.25. The standard InChI is InChI=1S/C40H43BN9O12/c42-28-19-17-27(18-20-28)41-46(40(58)32-12-6-16-36(54)50(32)62)26-8-25-45(39(57)31-11-5-15-35(53)49(31)61)23-2-1-22-44(38(56)30-10-4-14-34(52)48(30)60)24-7-21-43-37(55)29-9-3-13-33(51)47(29)59/h3-6,9-20,59-62H,1-2,7-8,21-26,42H2,(H,43,55). The van der Waals surface area contributed by atoms with Gasteiger partial charge in [0.05, 0.1) is 0 Å². The Hall–Kier alpha value is -8.04. The van der Waals surface area contributed by atoms with E-state index in [1.807, 2.05) is 0 Å². The van der Waals surface area contributed by atoms with Crippen LogP contribution in [0.25, 0.3) is 0 Å². The molecular formula is C40H43BN9O12. The second-order valence-electron chi connectivity index (χ2n) is 13.8. The first kappa shape index (κ1) is 45.1. The normalized spacial score (nSPS) is 10.8. The molecule has 0 aliphatic carbocycles. The van der Waals surface area contributed by atoms with Crippen molar-refractivity contribution in [3.05, 3.63) is 161 Å². The van der Waals surface area contributed by atoms with Crippen LogP contribution in [-0.4, -0.2) is 125 Å². The van der Waals surface area contributed by atoms with Crippen LogP contribution in [-0.2, 0) is 0 Å². The van der Waals surface area contributed by atoms with Crippen molar-refractivity contribution in [3.8, 4) is 0 Å². The van der Waals surface area contributed by atoms with E-state index in [1.165, 1.54) is 70.6 Å². The lowest BCUT2D eigenvalue weighted by Crippen LogP contribution is -2.44. The van der Waals surface area contributed by atoms with Gasteiger partial charge < -0.3 is 46.5 Å². The molecule has 0 aliphatic heterocycles. The molecule has 4 heterocycles. The minimum atomic E-state index is -0.855. The zero-order chi connectivity index (χ0) is 44.9. The topological polar surface area (TPSA) is 285 Å². The fourth-order valence-electron chi connectivity index (χ4n) is 6.27. The fourth-order valence-corrected chi connectivity index (χ4v) is 6.27. The van der Waals surface area contributed by atoms with Crippen molar-refractivity contribution in [2.24, 2.45) is 0 Å². The summed E-state index contributed by atoms with van der Waals surface area (Å²) in [6.07, 6.45) is 0.747. The Labute approximate surface area is 352 Å². The van der Waals surface area contributed by atoms with Gasteiger partial charge in [-0.2, -0.15) is 0 Å². The first-order valence-corrected chi connectivity index (χ1v) is 19.2. The molecule has 0 saturated heterocycles. The van der Waals surface area contributed by atoms with Gasteiger partial charge in [0.25, 0.3) is 53.3 Å². The summed E-state index contributed by atoms with van der Waals surface area (Å²) in [5.74, 6) is -2.95. The second-order valence-corrected chi connectivity index (χ2v) is 13.8. The van der Waals surface area contributed by atoms with Crippen LogP contribution in [0, 0.1) is 0 Å². The van der Waals surface area contributed by atoms with Crippen LogP contribution in [0.4, 0.5) is 5.69 Å². The second kappa shape index (κ2) is 20.8. The van der Waals surface area contributed by atoms with Gasteiger partial charge in [0, 0.05) is 69.2 Å². The molecule has 4 amide bonds. The summed E-state index contributed by atoms with van der Waals surface area (Å²) < 4.78 is 0.834. The van der Waals surface area contributed by atoms with E-state index in [0.29, 0.717) is 11.2 Å². The first-order valence-electron chi connectivity index (χ1n) is 19.2. The number of benzene rings is 1.